The number of aromatic nitrogens is 1. The van der Waals surface area contributed by atoms with Crippen LogP contribution in [-0.2, 0) is 6.42 Å². The molecule has 6 nitrogen and oxygen atoms in total. The molecule has 2 heterocycles. The Kier molecular flexibility index (Phi) is 5.85. The molecular formula is C26H18BrN3O3S. The van der Waals surface area contributed by atoms with Crippen LogP contribution in [-0.4, -0.2) is 22.7 Å². The van der Waals surface area contributed by atoms with Crippen LogP contribution in [0.4, 0.5) is 10.8 Å². The first-order valence-electron chi connectivity index (χ1n) is 10.6. The number of carbonyl (C=O) groups is 3. The maximum absolute atomic E-state index is 13.0. The van der Waals surface area contributed by atoms with Gasteiger partial charge in [0.2, 0.25) is 0 Å². The number of nitrogens with zero attached hydrogens (tertiary/aromatic N) is 2. The van der Waals surface area contributed by atoms with E-state index < -0.39 is 11.8 Å². The summed E-state index contributed by atoms with van der Waals surface area (Å²) in [6, 6.07) is 21.0. The third-order valence-corrected chi connectivity index (χ3v) is 7.16. The maximum atomic E-state index is 13.0. The van der Waals surface area contributed by atoms with E-state index in [1.807, 2.05) is 31.2 Å². The molecule has 4 aromatic rings. The number of rotatable bonds is 5. The lowest BCUT2D eigenvalue weighted by atomic mass is 10.1. The molecule has 0 fully saturated rings. The minimum absolute atomic E-state index is 0.326. The molecule has 0 radical (unpaired) electrons. The molecule has 1 aliphatic rings. The predicted molar refractivity (Wildman–Crippen MR) is 137 cm³/mol. The van der Waals surface area contributed by atoms with Gasteiger partial charge in [-0.2, -0.15) is 0 Å². The first-order valence-corrected chi connectivity index (χ1v) is 12.2. The molecule has 5 rings (SSSR count). The van der Waals surface area contributed by atoms with Gasteiger partial charge in [0.05, 0.1) is 22.5 Å². The van der Waals surface area contributed by atoms with E-state index in [2.05, 4.69) is 26.2 Å². The van der Waals surface area contributed by atoms with Gasteiger partial charge < -0.3 is 0 Å². The summed E-state index contributed by atoms with van der Waals surface area (Å²) in [5.41, 5.74) is 3.21. The highest BCUT2D eigenvalue weighted by Crippen LogP contribution is 2.33. The van der Waals surface area contributed by atoms with Crippen molar-refractivity contribution in [3.8, 4) is 11.3 Å². The van der Waals surface area contributed by atoms with Gasteiger partial charge in [-0.1, -0.05) is 53.2 Å². The number of benzene rings is 3. The minimum Gasteiger partial charge on any atom is -0.298 e. The number of thiazole rings is 1. The molecule has 0 bridgehead atoms. The molecule has 3 aromatic carbocycles. The third-order valence-electron chi connectivity index (χ3n) is 5.52. The quantitative estimate of drug-likeness (QED) is 0.311. The van der Waals surface area contributed by atoms with Crippen LogP contribution in [0.5, 0.6) is 0 Å². The second-order valence-electron chi connectivity index (χ2n) is 7.65. The Labute approximate surface area is 208 Å². The zero-order valence-corrected chi connectivity index (χ0v) is 20.4. The van der Waals surface area contributed by atoms with Crippen LogP contribution in [0.2, 0.25) is 0 Å². The van der Waals surface area contributed by atoms with E-state index in [1.54, 1.807) is 48.5 Å². The molecule has 1 aromatic heterocycles. The summed E-state index contributed by atoms with van der Waals surface area (Å²) in [5, 5.41) is 3.35. The Morgan fingerprint density at radius 3 is 2.29 bits per heavy atom. The molecule has 1 N–H and O–H groups in total. The Hall–Kier alpha value is -3.62. The molecule has 0 spiro atoms. The number of nitrogens with one attached hydrogen (secondary N) is 1. The topological polar surface area (TPSA) is 79.4 Å². The summed E-state index contributed by atoms with van der Waals surface area (Å²) in [6.45, 7) is 2.05. The highest BCUT2D eigenvalue weighted by Gasteiger charge is 2.36. The Bertz CT molecular complexity index is 1410. The molecule has 34 heavy (non-hydrogen) atoms. The van der Waals surface area contributed by atoms with Crippen LogP contribution in [0.3, 0.4) is 0 Å². The first kappa shape index (κ1) is 22.2. The fourth-order valence-electron chi connectivity index (χ4n) is 3.86. The molecule has 3 amide bonds. The normalized spacial score (nSPS) is 12.7. The lowest BCUT2D eigenvalue weighted by Gasteiger charge is -2.14. The standard InChI is InChI=1S/C26H18BrN3O3S/c1-2-21-22(15-10-12-17(27)13-11-15)28-26(34-21)29-23(31)16-6-5-7-18(14-16)30-24(32)19-8-3-4-9-20(19)25(30)33/h3-14H,2H2,1H3,(H,28,29,31). The van der Waals surface area contributed by atoms with Crippen molar-refractivity contribution in [2.24, 2.45) is 0 Å². The largest absolute Gasteiger partial charge is 0.298 e. The molecule has 0 aliphatic carbocycles. The van der Waals surface area contributed by atoms with Gasteiger partial charge in [0, 0.05) is 20.5 Å². The number of hydrogen-bond donors (Lipinski definition) is 1. The average Bonchev–Trinajstić information content (AvgIpc) is 3.38. The predicted octanol–water partition coefficient (Wildman–Crippen LogP) is 6.19. The summed E-state index contributed by atoms with van der Waals surface area (Å²) in [4.78, 5) is 45.4. The van der Waals surface area contributed by atoms with Gasteiger partial charge in [-0.3, -0.25) is 19.7 Å². The number of hydrogen-bond acceptors (Lipinski definition) is 5. The lowest BCUT2D eigenvalue weighted by Crippen LogP contribution is -2.29. The van der Waals surface area contributed by atoms with E-state index >= 15 is 0 Å². The van der Waals surface area contributed by atoms with Crippen LogP contribution < -0.4 is 10.2 Å². The Balaban J connectivity index is 1.40. The lowest BCUT2D eigenvalue weighted by molar-refractivity contribution is 0.0924. The van der Waals surface area contributed by atoms with Crippen LogP contribution in [0.15, 0.2) is 77.3 Å². The molecule has 0 saturated carbocycles. The van der Waals surface area contributed by atoms with Crippen molar-refractivity contribution in [3.63, 3.8) is 0 Å². The number of imide groups is 1. The van der Waals surface area contributed by atoms with Crippen molar-refractivity contribution < 1.29 is 14.4 Å². The van der Waals surface area contributed by atoms with Gasteiger partial charge in [0.15, 0.2) is 5.13 Å². The summed E-state index contributed by atoms with van der Waals surface area (Å²) in [7, 11) is 0. The second-order valence-corrected chi connectivity index (χ2v) is 9.65. The van der Waals surface area contributed by atoms with E-state index in [0.717, 1.165) is 31.9 Å². The fourth-order valence-corrected chi connectivity index (χ4v) is 5.04. The van der Waals surface area contributed by atoms with E-state index in [9.17, 15) is 14.4 Å². The van der Waals surface area contributed by atoms with Crippen molar-refractivity contribution in [2.75, 3.05) is 10.2 Å². The third kappa shape index (κ3) is 3.95. The van der Waals surface area contributed by atoms with Crippen molar-refractivity contribution >= 4 is 55.8 Å². The summed E-state index contributed by atoms with van der Waals surface area (Å²) in [6.07, 6.45) is 0.786. The van der Waals surface area contributed by atoms with Crippen LogP contribution in [0.1, 0.15) is 42.9 Å². The van der Waals surface area contributed by atoms with Crippen molar-refractivity contribution in [2.45, 2.75) is 13.3 Å². The van der Waals surface area contributed by atoms with E-state index in [-0.39, 0.29) is 5.91 Å². The van der Waals surface area contributed by atoms with Gasteiger partial charge in [-0.05, 0) is 48.9 Å². The highest BCUT2D eigenvalue weighted by atomic mass is 79.9. The summed E-state index contributed by atoms with van der Waals surface area (Å²) >= 11 is 4.87. The number of amides is 3. The van der Waals surface area contributed by atoms with Crippen molar-refractivity contribution in [3.05, 3.63) is 98.8 Å². The number of carbonyl (C=O) groups excluding carboxylic acids is 3. The zero-order chi connectivity index (χ0) is 23.8. The van der Waals surface area contributed by atoms with E-state index in [0.29, 0.717) is 27.5 Å². The Morgan fingerprint density at radius 1 is 0.971 bits per heavy atom. The first-order chi connectivity index (χ1) is 16.5. The zero-order valence-electron chi connectivity index (χ0n) is 18.0. The van der Waals surface area contributed by atoms with Crippen LogP contribution in [0, 0.1) is 0 Å². The number of aryl methyl sites for hydroxylation is 1. The summed E-state index contributed by atoms with van der Waals surface area (Å²) in [5.74, 6) is -1.16. The van der Waals surface area contributed by atoms with E-state index in [1.165, 1.54) is 11.3 Å². The van der Waals surface area contributed by atoms with Crippen LogP contribution in [0.25, 0.3) is 11.3 Å². The highest BCUT2D eigenvalue weighted by molar-refractivity contribution is 9.10. The molecule has 1 aliphatic heterocycles. The van der Waals surface area contributed by atoms with Gasteiger partial charge in [-0.15, -0.1) is 11.3 Å². The van der Waals surface area contributed by atoms with E-state index in [4.69, 9.17) is 0 Å². The summed E-state index contributed by atoms with van der Waals surface area (Å²) < 4.78 is 0.982. The SMILES string of the molecule is CCc1sc(NC(=O)c2cccc(N3C(=O)c4ccccc4C3=O)c2)nc1-c1ccc(Br)cc1. The average molecular weight is 532 g/mol. The molecule has 0 saturated heterocycles. The monoisotopic (exact) mass is 531 g/mol. The molecule has 0 atom stereocenters. The molecule has 8 heteroatoms. The maximum Gasteiger partial charge on any atom is 0.266 e. The smallest absolute Gasteiger partial charge is 0.266 e. The second kappa shape index (κ2) is 8.96. The number of fused-ring (bicyclic) bond motifs is 1. The molecule has 168 valence electrons. The van der Waals surface area contributed by atoms with Gasteiger partial charge in [0.25, 0.3) is 17.7 Å². The number of halogens is 1. The molecule has 0 unspecified atom stereocenters. The van der Waals surface area contributed by atoms with Crippen molar-refractivity contribution in [1.82, 2.24) is 4.98 Å². The van der Waals surface area contributed by atoms with Gasteiger partial charge in [0.1, 0.15) is 0 Å². The van der Waals surface area contributed by atoms with Crippen molar-refractivity contribution in [1.29, 1.82) is 0 Å². The fraction of sp³-hybridized carbons (Fsp3) is 0.0769. The Morgan fingerprint density at radius 2 is 1.65 bits per heavy atom. The van der Waals surface area contributed by atoms with Crippen LogP contribution >= 0.6 is 27.3 Å². The van der Waals surface area contributed by atoms with Gasteiger partial charge >= 0.3 is 0 Å². The minimum atomic E-state index is -0.398. The van der Waals surface area contributed by atoms with Gasteiger partial charge in [-0.25, -0.2) is 9.88 Å². The molecular weight excluding hydrogens is 514 g/mol. The number of anilines is 2.